The molecular formula is C21H24N2O4S. The van der Waals surface area contributed by atoms with E-state index in [1.807, 2.05) is 11.4 Å². The van der Waals surface area contributed by atoms with Crippen LogP contribution in [0.5, 0.6) is 0 Å². The second-order valence-electron chi connectivity index (χ2n) is 6.76. The van der Waals surface area contributed by atoms with Gasteiger partial charge in [-0.1, -0.05) is 6.07 Å². The van der Waals surface area contributed by atoms with Gasteiger partial charge < -0.3 is 15.0 Å². The van der Waals surface area contributed by atoms with Gasteiger partial charge >= 0.3 is 5.97 Å². The number of hydrogen-bond acceptors (Lipinski definition) is 5. The van der Waals surface area contributed by atoms with E-state index in [2.05, 4.69) is 5.32 Å². The molecule has 0 unspecified atom stereocenters. The molecule has 6 nitrogen and oxygen atoms in total. The normalized spacial score (nSPS) is 13.0. The Morgan fingerprint density at radius 1 is 1.18 bits per heavy atom. The van der Waals surface area contributed by atoms with Crippen LogP contribution in [-0.4, -0.2) is 42.4 Å². The lowest BCUT2D eigenvalue weighted by atomic mass is 10.1. The zero-order valence-corrected chi connectivity index (χ0v) is 16.7. The lowest BCUT2D eigenvalue weighted by Gasteiger charge is -2.22. The largest absolute Gasteiger partial charge is 0.466 e. The van der Waals surface area contributed by atoms with Crippen molar-refractivity contribution in [3.63, 3.8) is 0 Å². The van der Waals surface area contributed by atoms with Crippen LogP contribution in [0.3, 0.4) is 0 Å². The van der Waals surface area contributed by atoms with E-state index < -0.39 is 0 Å². The van der Waals surface area contributed by atoms with Crippen LogP contribution in [0, 0.1) is 5.92 Å². The molecule has 0 radical (unpaired) electrons. The zero-order valence-electron chi connectivity index (χ0n) is 15.8. The number of esters is 1. The molecule has 1 aromatic carbocycles. The van der Waals surface area contributed by atoms with Crippen LogP contribution >= 0.6 is 11.3 Å². The molecule has 0 atom stereocenters. The summed E-state index contributed by atoms with van der Waals surface area (Å²) in [7, 11) is 0. The lowest BCUT2D eigenvalue weighted by molar-refractivity contribution is -0.143. The number of anilines is 1. The number of thiophene rings is 1. The molecule has 3 rings (SSSR count). The highest BCUT2D eigenvalue weighted by atomic mass is 32.1. The third-order valence-electron chi connectivity index (χ3n) is 4.49. The zero-order chi connectivity index (χ0) is 19.9. The number of ether oxygens (including phenoxy) is 1. The maximum Gasteiger partial charge on any atom is 0.307 e. The van der Waals surface area contributed by atoms with Crippen molar-refractivity contribution in [3.8, 4) is 0 Å². The summed E-state index contributed by atoms with van der Waals surface area (Å²) in [5.74, 6) is -0.0376. The number of carbonyl (C=O) groups is 3. The van der Waals surface area contributed by atoms with Gasteiger partial charge in [0.1, 0.15) is 0 Å². The van der Waals surface area contributed by atoms with Gasteiger partial charge in [0, 0.05) is 24.3 Å². The van der Waals surface area contributed by atoms with Crippen LogP contribution in [0.2, 0.25) is 0 Å². The molecule has 1 fully saturated rings. The molecule has 0 saturated heterocycles. The summed E-state index contributed by atoms with van der Waals surface area (Å²) in [6.45, 7) is 3.12. The summed E-state index contributed by atoms with van der Waals surface area (Å²) in [4.78, 5) is 39.0. The Bertz CT molecular complexity index is 813. The van der Waals surface area contributed by atoms with Gasteiger partial charge in [-0.3, -0.25) is 14.4 Å². The van der Waals surface area contributed by atoms with E-state index >= 15 is 0 Å². The van der Waals surface area contributed by atoms with Crippen molar-refractivity contribution >= 4 is 34.8 Å². The Morgan fingerprint density at radius 3 is 2.54 bits per heavy atom. The molecule has 7 heteroatoms. The van der Waals surface area contributed by atoms with Gasteiger partial charge in [0.2, 0.25) is 0 Å². The molecule has 2 amide bonds. The number of nitrogens with one attached hydrogen (secondary N) is 1. The fourth-order valence-corrected chi connectivity index (χ4v) is 3.45. The topological polar surface area (TPSA) is 75.7 Å². The van der Waals surface area contributed by atoms with Crippen molar-refractivity contribution < 1.29 is 19.1 Å². The average Bonchev–Trinajstić information content (AvgIpc) is 3.34. The van der Waals surface area contributed by atoms with Crippen LogP contribution in [0.15, 0.2) is 41.8 Å². The minimum atomic E-state index is -0.289. The fourth-order valence-electron chi connectivity index (χ4n) is 2.83. The first kappa shape index (κ1) is 20.1. The Morgan fingerprint density at radius 2 is 1.93 bits per heavy atom. The molecule has 0 bridgehead atoms. The second-order valence-corrected chi connectivity index (χ2v) is 7.71. The Hall–Kier alpha value is -2.67. The van der Waals surface area contributed by atoms with Gasteiger partial charge in [-0.05, 0) is 61.4 Å². The number of carbonyl (C=O) groups excluding carboxylic acids is 3. The summed E-state index contributed by atoms with van der Waals surface area (Å²) in [5, 5.41) is 4.67. The van der Waals surface area contributed by atoms with Crippen molar-refractivity contribution in [1.29, 1.82) is 0 Å². The third kappa shape index (κ3) is 5.66. The summed E-state index contributed by atoms with van der Waals surface area (Å²) in [5.41, 5.74) is 1.17. The molecule has 2 aromatic rings. The second kappa shape index (κ2) is 9.50. The van der Waals surface area contributed by atoms with E-state index in [0.717, 1.165) is 12.8 Å². The smallest absolute Gasteiger partial charge is 0.307 e. The monoisotopic (exact) mass is 400 g/mol. The van der Waals surface area contributed by atoms with Crippen molar-refractivity contribution in [2.45, 2.75) is 26.2 Å². The van der Waals surface area contributed by atoms with Crippen LogP contribution in [0.4, 0.5) is 5.69 Å². The van der Waals surface area contributed by atoms with Gasteiger partial charge in [0.05, 0.1) is 17.9 Å². The number of benzene rings is 1. The van der Waals surface area contributed by atoms with Crippen molar-refractivity contribution in [2.75, 3.05) is 25.0 Å². The number of rotatable bonds is 9. The molecule has 28 heavy (non-hydrogen) atoms. The highest BCUT2D eigenvalue weighted by Crippen LogP contribution is 2.30. The molecule has 1 aromatic heterocycles. The predicted molar refractivity (Wildman–Crippen MR) is 109 cm³/mol. The summed E-state index contributed by atoms with van der Waals surface area (Å²) in [6.07, 6.45) is 2.44. The van der Waals surface area contributed by atoms with Gasteiger partial charge in [0.15, 0.2) is 0 Å². The fraction of sp³-hybridized carbons (Fsp3) is 0.381. The number of nitrogens with zero attached hydrogens (tertiary/aromatic N) is 1. The summed E-state index contributed by atoms with van der Waals surface area (Å²) >= 11 is 1.37. The van der Waals surface area contributed by atoms with Gasteiger partial charge in [-0.25, -0.2) is 0 Å². The molecular weight excluding hydrogens is 376 g/mol. The van der Waals surface area contributed by atoms with E-state index in [1.54, 1.807) is 42.2 Å². The van der Waals surface area contributed by atoms with E-state index in [0.29, 0.717) is 41.7 Å². The summed E-state index contributed by atoms with van der Waals surface area (Å²) < 4.78 is 4.97. The Balaban J connectivity index is 1.61. The summed E-state index contributed by atoms with van der Waals surface area (Å²) in [6, 6.07) is 10.4. The molecule has 0 spiro atoms. The van der Waals surface area contributed by atoms with Crippen LogP contribution in [0.1, 0.15) is 46.2 Å². The van der Waals surface area contributed by atoms with Crippen molar-refractivity contribution in [3.05, 3.63) is 52.2 Å². The lowest BCUT2D eigenvalue weighted by Crippen LogP contribution is -2.35. The maximum absolute atomic E-state index is 12.9. The van der Waals surface area contributed by atoms with E-state index in [1.165, 1.54) is 11.3 Å². The first-order chi connectivity index (χ1) is 13.6. The molecule has 1 aliphatic carbocycles. The van der Waals surface area contributed by atoms with Crippen LogP contribution in [-0.2, 0) is 9.53 Å². The minimum Gasteiger partial charge on any atom is -0.466 e. The first-order valence-electron chi connectivity index (χ1n) is 9.46. The number of amides is 2. The highest BCUT2D eigenvalue weighted by molar-refractivity contribution is 7.12. The van der Waals surface area contributed by atoms with E-state index in [9.17, 15) is 14.4 Å². The van der Waals surface area contributed by atoms with Gasteiger partial charge in [0.25, 0.3) is 11.8 Å². The highest BCUT2D eigenvalue weighted by Gasteiger charge is 2.27. The molecule has 1 N–H and O–H groups in total. The van der Waals surface area contributed by atoms with E-state index in [4.69, 9.17) is 4.74 Å². The first-order valence-corrected chi connectivity index (χ1v) is 10.3. The molecule has 0 aliphatic heterocycles. The predicted octanol–water partition coefficient (Wildman–Crippen LogP) is 3.81. The minimum absolute atomic E-state index is 0.104. The standard InChI is InChI=1S/C21H24N2O4S/c1-2-27-19(24)11-12-23(14-15-5-6-15)21(26)16-7-9-17(10-8-16)22-20(25)18-4-3-13-28-18/h3-4,7-10,13,15H,2,5-6,11-12,14H2,1H3,(H,22,25). The Kier molecular flexibility index (Phi) is 6.81. The van der Waals surface area contributed by atoms with Crippen LogP contribution < -0.4 is 5.32 Å². The van der Waals surface area contributed by atoms with Crippen molar-refractivity contribution in [2.24, 2.45) is 5.92 Å². The quantitative estimate of drug-likeness (QED) is 0.650. The molecule has 1 heterocycles. The van der Waals surface area contributed by atoms with Gasteiger partial charge in [-0.2, -0.15) is 0 Å². The third-order valence-corrected chi connectivity index (χ3v) is 5.36. The van der Waals surface area contributed by atoms with Gasteiger partial charge in [-0.15, -0.1) is 11.3 Å². The van der Waals surface area contributed by atoms with Crippen LogP contribution in [0.25, 0.3) is 0 Å². The molecule has 1 saturated carbocycles. The molecule has 1 aliphatic rings. The average molecular weight is 401 g/mol. The van der Waals surface area contributed by atoms with E-state index in [-0.39, 0.29) is 24.2 Å². The Labute approximate surface area is 168 Å². The number of hydrogen-bond donors (Lipinski definition) is 1. The molecule has 148 valence electrons. The maximum atomic E-state index is 12.9. The SMILES string of the molecule is CCOC(=O)CCN(CC1CC1)C(=O)c1ccc(NC(=O)c2cccs2)cc1. The van der Waals surface area contributed by atoms with Crippen molar-refractivity contribution in [1.82, 2.24) is 4.90 Å².